The quantitative estimate of drug-likeness (QED) is 0.0423. The monoisotopic (exact) mass is 989 g/mol. The molecule has 366 valence electrons. The first kappa shape index (κ1) is 51.1. The zero-order valence-electron chi connectivity index (χ0n) is 40.0. The normalized spacial score (nSPS) is 18.0. The van der Waals surface area contributed by atoms with Gasteiger partial charge in [0.25, 0.3) is 5.91 Å². The van der Waals surface area contributed by atoms with Gasteiger partial charge >= 0.3 is 23.9 Å². The minimum absolute atomic E-state index is 0.163. The van der Waals surface area contributed by atoms with Crippen LogP contribution in [0.2, 0.25) is 4.34 Å². The van der Waals surface area contributed by atoms with Gasteiger partial charge in [0.2, 0.25) is 0 Å². The molecular formula is C55H56ClNO12S. The summed E-state index contributed by atoms with van der Waals surface area (Å²) in [6.07, 6.45) is 6.15. The summed E-state index contributed by atoms with van der Waals surface area (Å²) in [4.78, 5) is 81.7. The molecule has 70 heavy (non-hydrogen) atoms. The molecule has 0 bridgehead atoms. The Kier molecular flexibility index (Phi) is 16.6. The van der Waals surface area contributed by atoms with Crippen molar-refractivity contribution in [2.75, 3.05) is 26.2 Å². The highest BCUT2D eigenvalue weighted by Gasteiger charge is 2.35. The van der Waals surface area contributed by atoms with Gasteiger partial charge in [-0.15, -0.1) is 11.3 Å². The highest BCUT2D eigenvalue weighted by atomic mass is 35.5. The van der Waals surface area contributed by atoms with E-state index in [0.29, 0.717) is 100 Å². The van der Waals surface area contributed by atoms with Gasteiger partial charge in [0.15, 0.2) is 5.78 Å². The van der Waals surface area contributed by atoms with Gasteiger partial charge in [-0.1, -0.05) is 32.4 Å². The SMILES string of the molecule is COc1ccc(C(=O)N(C)c2ccc(OC(=O)C3CCC(C(=O)Oc4ccc(OC(=O)C5CCC(C(=O)Oc6ccc(OC)cc6C(C)(C)C)CC5)c(/C=C/C(=O)c5ccc(Cl)s5)c4)CC3)cc2)cc1. The van der Waals surface area contributed by atoms with Gasteiger partial charge in [0.05, 0.1) is 47.1 Å². The fourth-order valence-corrected chi connectivity index (χ4v) is 9.48. The van der Waals surface area contributed by atoms with Crippen LogP contribution in [-0.4, -0.2) is 56.8 Å². The van der Waals surface area contributed by atoms with Crippen molar-refractivity contribution in [2.24, 2.45) is 23.7 Å². The molecule has 15 heteroatoms. The van der Waals surface area contributed by atoms with Crippen LogP contribution in [0.4, 0.5) is 5.69 Å². The van der Waals surface area contributed by atoms with Crippen LogP contribution >= 0.6 is 22.9 Å². The van der Waals surface area contributed by atoms with Crippen molar-refractivity contribution in [1.29, 1.82) is 0 Å². The number of halogens is 1. The summed E-state index contributed by atoms with van der Waals surface area (Å²) in [6.45, 7) is 6.10. The maximum Gasteiger partial charge on any atom is 0.314 e. The Hall–Kier alpha value is -6.77. The standard InChI is InChI=1S/C55H56ClNO12S/c1-55(2,3)44-32-42(65-6)24-28-47(44)69-54(63)37-13-11-36(12-14-37)53(62)68-46-27-25-43(31-38(46)17-26-45(58)48-29-30-49(56)70-48)67-52(61)35-9-7-34(8-10-35)51(60)66-41-22-18-39(19-23-41)57(4)50(59)33-15-20-40(64-5)21-16-33/h15-32,34-37H,7-14H2,1-6H3/b26-17+. The molecule has 1 heterocycles. The Morgan fingerprint density at radius 2 is 1.04 bits per heavy atom. The molecule has 0 aliphatic heterocycles. The zero-order valence-corrected chi connectivity index (χ0v) is 41.6. The van der Waals surface area contributed by atoms with E-state index in [-0.39, 0.29) is 34.6 Å². The predicted molar refractivity (Wildman–Crippen MR) is 266 cm³/mol. The van der Waals surface area contributed by atoms with Gasteiger partial charge in [-0.2, -0.15) is 0 Å². The number of carbonyl (C=O) groups is 6. The number of benzene rings is 4. The third-order valence-electron chi connectivity index (χ3n) is 12.7. The topological polar surface area (TPSA) is 161 Å². The fourth-order valence-electron chi connectivity index (χ4n) is 8.51. The third kappa shape index (κ3) is 12.9. The summed E-state index contributed by atoms with van der Waals surface area (Å²) in [7, 11) is 4.81. The largest absolute Gasteiger partial charge is 0.497 e. The average molecular weight is 991 g/mol. The van der Waals surface area contributed by atoms with Gasteiger partial charge in [-0.25, -0.2) is 0 Å². The Balaban J connectivity index is 0.934. The molecule has 0 unspecified atom stereocenters. The van der Waals surface area contributed by atoms with Crippen LogP contribution < -0.4 is 33.3 Å². The average Bonchev–Trinajstić information content (AvgIpc) is 3.81. The summed E-state index contributed by atoms with van der Waals surface area (Å²) < 4.78 is 34.4. The number of hydrogen-bond acceptors (Lipinski definition) is 13. The number of amides is 1. The van der Waals surface area contributed by atoms with Crippen molar-refractivity contribution >= 4 is 70.3 Å². The van der Waals surface area contributed by atoms with E-state index in [1.807, 2.05) is 26.8 Å². The van der Waals surface area contributed by atoms with Crippen molar-refractivity contribution < 1.29 is 57.2 Å². The lowest BCUT2D eigenvalue weighted by Crippen LogP contribution is -2.31. The molecule has 0 saturated heterocycles. The number of hydrogen-bond donors (Lipinski definition) is 0. The predicted octanol–water partition coefficient (Wildman–Crippen LogP) is 11.5. The van der Waals surface area contributed by atoms with E-state index in [4.69, 9.17) is 40.0 Å². The molecule has 13 nitrogen and oxygen atoms in total. The van der Waals surface area contributed by atoms with Crippen LogP contribution in [0.1, 0.15) is 103 Å². The van der Waals surface area contributed by atoms with Crippen molar-refractivity contribution in [3.8, 4) is 34.5 Å². The van der Waals surface area contributed by atoms with E-state index in [9.17, 15) is 28.8 Å². The van der Waals surface area contributed by atoms with Gasteiger partial charge in [0.1, 0.15) is 34.5 Å². The molecule has 2 aliphatic carbocycles. The van der Waals surface area contributed by atoms with Gasteiger partial charge < -0.3 is 33.3 Å². The molecule has 0 radical (unpaired) electrons. The zero-order chi connectivity index (χ0) is 50.1. The molecule has 0 N–H and O–H groups in total. The maximum atomic E-state index is 13.6. The molecule has 1 aromatic heterocycles. The van der Waals surface area contributed by atoms with Gasteiger partial charge in [0, 0.05) is 29.4 Å². The summed E-state index contributed by atoms with van der Waals surface area (Å²) in [6, 6.07) is 26.7. The number of carbonyl (C=O) groups excluding carboxylic acids is 6. The smallest absolute Gasteiger partial charge is 0.314 e. The third-order valence-corrected chi connectivity index (χ3v) is 14.0. The second-order valence-corrected chi connectivity index (χ2v) is 20.2. The Labute approximate surface area is 416 Å². The Bertz CT molecular complexity index is 2740. The Morgan fingerprint density at radius 1 is 0.571 bits per heavy atom. The highest BCUT2D eigenvalue weighted by Crippen LogP contribution is 2.38. The molecule has 4 aromatic carbocycles. The second kappa shape index (κ2) is 22.8. The van der Waals surface area contributed by atoms with Crippen LogP contribution in [0.15, 0.2) is 103 Å². The van der Waals surface area contributed by atoms with E-state index in [2.05, 4.69) is 0 Å². The molecule has 0 spiro atoms. The van der Waals surface area contributed by atoms with Crippen LogP contribution in [-0.2, 0) is 24.6 Å². The summed E-state index contributed by atoms with van der Waals surface area (Å²) in [5, 5.41) is 0. The number of rotatable bonds is 15. The number of ketones is 1. The number of thiophene rings is 1. The molecular weight excluding hydrogens is 934 g/mol. The second-order valence-electron chi connectivity index (χ2n) is 18.5. The van der Waals surface area contributed by atoms with Crippen LogP contribution in [0.25, 0.3) is 6.08 Å². The number of nitrogens with zero attached hydrogens (tertiary/aromatic N) is 1. The maximum absolute atomic E-state index is 13.6. The van der Waals surface area contributed by atoms with Crippen LogP contribution in [0.3, 0.4) is 0 Å². The van der Waals surface area contributed by atoms with E-state index in [1.54, 1.807) is 94.1 Å². The molecule has 7 rings (SSSR count). The lowest BCUT2D eigenvalue weighted by atomic mass is 9.82. The van der Waals surface area contributed by atoms with Crippen LogP contribution in [0.5, 0.6) is 34.5 Å². The highest BCUT2D eigenvalue weighted by molar-refractivity contribution is 7.18. The fraction of sp³-hybridized carbons (Fsp3) is 0.345. The first-order valence-electron chi connectivity index (χ1n) is 23.2. The molecule has 2 saturated carbocycles. The van der Waals surface area contributed by atoms with Crippen molar-refractivity contribution in [3.63, 3.8) is 0 Å². The molecule has 2 fully saturated rings. The number of methoxy groups -OCH3 is 2. The Morgan fingerprint density at radius 3 is 1.56 bits per heavy atom. The first-order chi connectivity index (χ1) is 33.5. The number of allylic oxidation sites excluding steroid dienone is 1. The molecule has 5 aromatic rings. The van der Waals surface area contributed by atoms with E-state index in [0.717, 1.165) is 16.9 Å². The molecule has 0 atom stereocenters. The first-order valence-corrected chi connectivity index (χ1v) is 24.4. The molecule has 2 aliphatic rings. The number of esters is 4. The number of anilines is 1. The van der Waals surface area contributed by atoms with Crippen molar-refractivity contribution in [3.05, 3.63) is 129 Å². The van der Waals surface area contributed by atoms with Gasteiger partial charge in [-0.05, 0) is 166 Å². The van der Waals surface area contributed by atoms with E-state index in [1.165, 1.54) is 35.3 Å². The van der Waals surface area contributed by atoms with Gasteiger partial charge in [-0.3, -0.25) is 28.8 Å². The molecule has 1 amide bonds. The minimum Gasteiger partial charge on any atom is -0.497 e. The summed E-state index contributed by atoms with van der Waals surface area (Å²) >= 11 is 7.21. The van der Waals surface area contributed by atoms with E-state index >= 15 is 0 Å². The van der Waals surface area contributed by atoms with Crippen molar-refractivity contribution in [1.82, 2.24) is 0 Å². The lowest BCUT2D eigenvalue weighted by molar-refractivity contribution is -0.145. The minimum atomic E-state index is -0.484. The van der Waals surface area contributed by atoms with Crippen molar-refractivity contribution in [2.45, 2.75) is 77.6 Å². The number of ether oxygens (including phenoxy) is 6. The van der Waals surface area contributed by atoms with E-state index < -0.39 is 41.6 Å². The lowest BCUT2D eigenvalue weighted by Gasteiger charge is -2.27. The summed E-state index contributed by atoms with van der Waals surface area (Å²) in [5.74, 6) is -1.54. The summed E-state index contributed by atoms with van der Waals surface area (Å²) in [5.41, 5.74) is 1.99. The van der Waals surface area contributed by atoms with Crippen LogP contribution in [0, 0.1) is 23.7 Å².